The van der Waals surface area contributed by atoms with Crippen molar-refractivity contribution in [2.24, 2.45) is 0 Å². The molecule has 0 saturated carbocycles. The predicted octanol–water partition coefficient (Wildman–Crippen LogP) is -2.07. The molecule has 2 aromatic carbocycles. The Bertz CT molecular complexity index is 847. The van der Waals surface area contributed by atoms with Crippen molar-refractivity contribution in [1.29, 1.82) is 0 Å². The second-order valence-electron chi connectivity index (χ2n) is 7.84. The summed E-state index contributed by atoms with van der Waals surface area (Å²) in [4.78, 5) is 10.0. The van der Waals surface area contributed by atoms with E-state index >= 15 is 0 Å². The van der Waals surface area contributed by atoms with Gasteiger partial charge in [0.15, 0.2) is 0 Å². The first-order valence-corrected chi connectivity index (χ1v) is 34.8. The summed E-state index contributed by atoms with van der Waals surface area (Å²) in [6, 6.07) is 20.9. The van der Waals surface area contributed by atoms with Gasteiger partial charge < -0.3 is 0 Å². The Labute approximate surface area is 241 Å². The molecule has 0 heterocycles. The van der Waals surface area contributed by atoms with Crippen molar-refractivity contribution >= 4 is 27.4 Å². The number of alkyl halides is 4. The van der Waals surface area contributed by atoms with Gasteiger partial charge in [-0.05, 0) is 0 Å². The molecule has 0 amide bonds. The van der Waals surface area contributed by atoms with Crippen molar-refractivity contribution in [1.82, 2.24) is 10.1 Å². The zero-order valence-electron chi connectivity index (χ0n) is 22.5. The minimum absolute atomic E-state index is 0.851. The standard InChI is InChI=1S/C24H42I3N2O4S3/c1-9-28(10-2)30-25(5,6)35-32-27(23-19-15-13-16-20-23,34-24-21-17-14-18-22-24)33-36-26(7,8)31-29(11-3)12-4/h13-22H,9-12H2,1-8H3/q-3. The van der Waals surface area contributed by atoms with Gasteiger partial charge in [-0.15, -0.1) is 0 Å². The van der Waals surface area contributed by atoms with Gasteiger partial charge in [-0.2, -0.15) is 0 Å². The van der Waals surface area contributed by atoms with Crippen LogP contribution in [0.1, 0.15) is 27.7 Å². The fraction of sp³-hybridized carbons (Fsp3) is 0.500. The molecule has 0 bridgehead atoms. The topological polar surface area (TPSA) is 43.4 Å². The maximum absolute atomic E-state index is 6.93. The molecular formula is C24H42I3N2O4S3-3. The second-order valence-corrected chi connectivity index (χ2v) is 43.8. The van der Waals surface area contributed by atoms with E-state index in [1.807, 2.05) is 22.3 Å². The quantitative estimate of drug-likeness (QED) is 0.0773. The summed E-state index contributed by atoms with van der Waals surface area (Å²) in [6.45, 7) is 11.9. The molecule has 2 aromatic rings. The molecule has 6 nitrogen and oxygen atoms in total. The molecule has 0 N–H and O–H groups in total. The van der Waals surface area contributed by atoms with E-state index in [9.17, 15) is 0 Å². The van der Waals surface area contributed by atoms with Crippen LogP contribution in [0.4, 0.5) is 0 Å². The molecule has 0 fully saturated rings. The summed E-state index contributed by atoms with van der Waals surface area (Å²) in [5.74, 6) is 0. The number of benzene rings is 2. The van der Waals surface area contributed by atoms with Crippen LogP contribution < -0.4 is 52.8 Å². The van der Waals surface area contributed by atoms with Crippen LogP contribution in [0.2, 0.25) is 0 Å². The van der Waals surface area contributed by atoms with Crippen molar-refractivity contribution in [2.45, 2.75) is 32.6 Å². The molecule has 0 aliphatic heterocycles. The molecule has 0 radical (unpaired) electrons. The fourth-order valence-corrected chi connectivity index (χ4v) is 46.7. The average Bonchev–Trinajstić information content (AvgIpc) is 2.88. The molecule has 0 aromatic heterocycles. The minimum atomic E-state index is -3.62. The van der Waals surface area contributed by atoms with E-state index in [4.69, 9.17) is 11.4 Å². The van der Waals surface area contributed by atoms with E-state index in [1.165, 1.54) is 18.4 Å². The van der Waals surface area contributed by atoms with Crippen molar-refractivity contribution in [2.75, 3.05) is 45.9 Å². The summed E-state index contributed by atoms with van der Waals surface area (Å²) in [5, 5.41) is 4.05. The van der Waals surface area contributed by atoms with E-state index in [2.05, 4.69) is 95.9 Å². The Morgan fingerprint density at radius 3 is 1.39 bits per heavy atom. The van der Waals surface area contributed by atoms with Gasteiger partial charge in [0.05, 0.1) is 0 Å². The molecule has 0 aliphatic carbocycles. The summed E-state index contributed by atoms with van der Waals surface area (Å²) in [7, 11) is 4.82. The van der Waals surface area contributed by atoms with Gasteiger partial charge in [0.2, 0.25) is 0 Å². The van der Waals surface area contributed by atoms with E-state index in [1.54, 1.807) is 8.93 Å². The van der Waals surface area contributed by atoms with Gasteiger partial charge in [-0.25, -0.2) is 0 Å². The van der Waals surface area contributed by atoms with Crippen LogP contribution in [0.5, 0.6) is 0 Å². The average molecular weight is 900 g/mol. The molecule has 0 unspecified atom stereocenters. The number of rotatable bonds is 17. The van der Waals surface area contributed by atoms with Crippen LogP contribution in [0.25, 0.3) is 0 Å². The molecule has 0 saturated heterocycles. The third-order valence-corrected chi connectivity index (χ3v) is 32.9. The van der Waals surface area contributed by atoms with Crippen LogP contribution in [0.3, 0.4) is 0 Å². The van der Waals surface area contributed by atoms with Crippen LogP contribution in [0, 0.1) is 3.57 Å². The maximum atomic E-state index is 6.93. The van der Waals surface area contributed by atoms with Crippen molar-refractivity contribution in [3.63, 3.8) is 0 Å². The van der Waals surface area contributed by atoms with Gasteiger partial charge in [0.25, 0.3) is 0 Å². The van der Waals surface area contributed by atoms with Crippen LogP contribution >= 0.6 is 27.4 Å². The summed E-state index contributed by atoms with van der Waals surface area (Å²) in [6.07, 6.45) is 0. The molecular weight excluding hydrogens is 857 g/mol. The molecule has 0 atom stereocenters. The zero-order valence-corrected chi connectivity index (χ0v) is 31.4. The number of hydrogen-bond donors (Lipinski definition) is 0. The molecule has 0 spiro atoms. The number of halogens is 3. The third-order valence-electron chi connectivity index (χ3n) is 4.39. The van der Waals surface area contributed by atoms with Gasteiger partial charge in [-0.3, -0.25) is 0 Å². The Morgan fingerprint density at radius 1 is 0.611 bits per heavy atom. The zero-order chi connectivity index (χ0) is 26.7. The Morgan fingerprint density at radius 2 is 1.00 bits per heavy atom. The summed E-state index contributed by atoms with van der Waals surface area (Å²) in [5.41, 5.74) is 0. The van der Waals surface area contributed by atoms with Gasteiger partial charge in [0.1, 0.15) is 0 Å². The first-order chi connectivity index (χ1) is 17.1. The van der Waals surface area contributed by atoms with Gasteiger partial charge in [0, 0.05) is 0 Å². The van der Waals surface area contributed by atoms with Crippen molar-refractivity contribution < 1.29 is 64.2 Å². The van der Waals surface area contributed by atoms with E-state index in [0.717, 1.165) is 34.6 Å². The van der Waals surface area contributed by atoms with Crippen molar-refractivity contribution in [3.8, 4) is 0 Å². The second kappa shape index (κ2) is 16.6. The first-order valence-electron chi connectivity index (χ1n) is 11.6. The van der Waals surface area contributed by atoms with E-state index < -0.39 is 52.8 Å². The number of hydroxylamine groups is 4. The summed E-state index contributed by atoms with van der Waals surface area (Å²) >= 11 is -9.08. The SMILES string of the molecule is CCN(CC)O[I-](C)(C)SO[I-](OS[I-](C)(C)ON(CC)CC)(Sc1ccccc1)c1ccccc1. The fourth-order valence-electron chi connectivity index (χ4n) is 2.62. The van der Waals surface area contributed by atoms with E-state index in [0.29, 0.717) is 0 Å². The predicted molar refractivity (Wildman–Crippen MR) is 146 cm³/mol. The monoisotopic (exact) mass is 899 g/mol. The van der Waals surface area contributed by atoms with Crippen LogP contribution in [0.15, 0.2) is 65.6 Å². The first kappa shape index (κ1) is 33.6. The van der Waals surface area contributed by atoms with Crippen LogP contribution in [-0.2, 0) is 11.4 Å². The van der Waals surface area contributed by atoms with Gasteiger partial charge >= 0.3 is 244 Å². The van der Waals surface area contributed by atoms with E-state index in [-0.39, 0.29) is 0 Å². The molecule has 0 aliphatic rings. The third kappa shape index (κ3) is 11.5. The van der Waals surface area contributed by atoms with Crippen molar-refractivity contribution in [3.05, 3.63) is 64.2 Å². The number of nitrogens with zero attached hydrogens (tertiary/aromatic N) is 2. The van der Waals surface area contributed by atoms with Crippen LogP contribution in [-0.4, -0.2) is 56.0 Å². The Balaban J connectivity index is 2.40. The number of hydrogen-bond acceptors (Lipinski definition) is 9. The molecule has 12 heteroatoms. The molecule has 36 heavy (non-hydrogen) atoms. The molecule has 2 rings (SSSR count). The Hall–Kier alpha value is 1.44. The van der Waals surface area contributed by atoms with Gasteiger partial charge in [-0.1, -0.05) is 0 Å². The summed E-state index contributed by atoms with van der Waals surface area (Å²) < 4.78 is 27.9. The Kier molecular flexibility index (Phi) is 15.6. The normalized spacial score (nSPS) is 14.4. The molecule has 214 valence electrons.